The van der Waals surface area contributed by atoms with Crippen LogP contribution in [-0.4, -0.2) is 37.9 Å². The summed E-state index contributed by atoms with van der Waals surface area (Å²) in [6.45, 7) is 9.73. The molecule has 0 aromatic heterocycles. The number of nitrogens with one attached hydrogen (secondary N) is 2. The Kier molecular flexibility index (Phi) is 5.22. The third-order valence-electron chi connectivity index (χ3n) is 3.41. The standard InChI is InChI=1S/C13H28N2O/c1-12(2,3)15-11-10-14-9-8-13(16-4)6-5-7-13/h14-15H,5-11H2,1-4H3. The van der Waals surface area contributed by atoms with Gasteiger partial charge in [0.15, 0.2) is 0 Å². The van der Waals surface area contributed by atoms with Crippen molar-refractivity contribution in [3.05, 3.63) is 0 Å². The number of methoxy groups -OCH3 is 1. The smallest absolute Gasteiger partial charge is 0.0690 e. The molecule has 1 aliphatic rings. The molecule has 1 saturated carbocycles. The van der Waals surface area contributed by atoms with Crippen molar-refractivity contribution < 1.29 is 4.74 Å². The van der Waals surface area contributed by atoms with Gasteiger partial charge in [-0.15, -0.1) is 0 Å². The van der Waals surface area contributed by atoms with E-state index in [9.17, 15) is 0 Å². The average molecular weight is 228 g/mol. The second kappa shape index (κ2) is 5.99. The lowest BCUT2D eigenvalue weighted by atomic mass is 9.77. The second-order valence-electron chi connectivity index (χ2n) is 5.92. The van der Waals surface area contributed by atoms with Gasteiger partial charge >= 0.3 is 0 Å². The van der Waals surface area contributed by atoms with E-state index in [1.807, 2.05) is 7.11 Å². The Morgan fingerprint density at radius 3 is 2.25 bits per heavy atom. The largest absolute Gasteiger partial charge is 0.378 e. The number of ether oxygens (including phenoxy) is 1. The zero-order chi connectivity index (χ0) is 12.1. The van der Waals surface area contributed by atoms with Crippen molar-refractivity contribution in [2.75, 3.05) is 26.7 Å². The highest BCUT2D eigenvalue weighted by molar-refractivity contribution is 4.89. The van der Waals surface area contributed by atoms with E-state index >= 15 is 0 Å². The Labute approximate surface area is 100 Å². The minimum absolute atomic E-state index is 0.213. The number of hydrogen-bond acceptors (Lipinski definition) is 3. The molecule has 0 saturated heterocycles. The fourth-order valence-electron chi connectivity index (χ4n) is 2.09. The molecule has 3 heteroatoms. The van der Waals surface area contributed by atoms with Crippen molar-refractivity contribution in [1.82, 2.24) is 10.6 Å². The summed E-state index contributed by atoms with van der Waals surface area (Å²) < 4.78 is 5.58. The quantitative estimate of drug-likeness (QED) is 0.653. The zero-order valence-corrected chi connectivity index (χ0v) is 11.4. The Morgan fingerprint density at radius 2 is 1.81 bits per heavy atom. The van der Waals surface area contributed by atoms with Gasteiger partial charge in [-0.2, -0.15) is 0 Å². The molecule has 0 unspecified atom stereocenters. The first-order chi connectivity index (χ1) is 7.47. The Balaban J connectivity index is 1.96. The normalized spacial score (nSPS) is 19.5. The van der Waals surface area contributed by atoms with Crippen molar-refractivity contribution in [2.45, 2.75) is 57.6 Å². The lowest BCUT2D eigenvalue weighted by molar-refractivity contribution is -0.0767. The zero-order valence-electron chi connectivity index (χ0n) is 11.4. The fraction of sp³-hybridized carbons (Fsp3) is 1.00. The van der Waals surface area contributed by atoms with Gasteiger partial charge in [0, 0.05) is 25.7 Å². The molecule has 0 radical (unpaired) electrons. The van der Waals surface area contributed by atoms with Crippen LogP contribution in [0.15, 0.2) is 0 Å². The molecular weight excluding hydrogens is 200 g/mol. The Morgan fingerprint density at radius 1 is 1.12 bits per heavy atom. The van der Waals surface area contributed by atoms with Crippen molar-refractivity contribution in [1.29, 1.82) is 0 Å². The molecule has 0 amide bonds. The van der Waals surface area contributed by atoms with Gasteiger partial charge in [-0.25, -0.2) is 0 Å². The predicted octanol–water partition coefficient (Wildman–Crippen LogP) is 1.92. The van der Waals surface area contributed by atoms with Gasteiger partial charge in [0.1, 0.15) is 0 Å². The first-order valence-corrected chi connectivity index (χ1v) is 6.48. The Hall–Kier alpha value is -0.120. The summed E-state index contributed by atoms with van der Waals surface area (Å²) >= 11 is 0. The predicted molar refractivity (Wildman–Crippen MR) is 68.8 cm³/mol. The van der Waals surface area contributed by atoms with Crippen LogP contribution in [0.25, 0.3) is 0 Å². The third kappa shape index (κ3) is 4.81. The second-order valence-corrected chi connectivity index (χ2v) is 5.92. The van der Waals surface area contributed by atoms with Gasteiger partial charge in [0.2, 0.25) is 0 Å². The van der Waals surface area contributed by atoms with Crippen LogP contribution in [-0.2, 0) is 4.74 Å². The van der Waals surface area contributed by atoms with Gasteiger partial charge in [0.05, 0.1) is 5.60 Å². The van der Waals surface area contributed by atoms with Crippen LogP contribution in [0.4, 0.5) is 0 Å². The maximum absolute atomic E-state index is 5.58. The van der Waals surface area contributed by atoms with Gasteiger partial charge in [0.25, 0.3) is 0 Å². The van der Waals surface area contributed by atoms with E-state index in [1.54, 1.807) is 0 Å². The summed E-state index contributed by atoms with van der Waals surface area (Å²) in [5.41, 5.74) is 0.438. The first-order valence-electron chi connectivity index (χ1n) is 6.48. The summed E-state index contributed by atoms with van der Waals surface area (Å²) in [6, 6.07) is 0. The van der Waals surface area contributed by atoms with Crippen molar-refractivity contribution >= 4 is 0 Å². The number of rotatable bonds is 7. The molecule has 1 fully saturated rings. The highest BCUT2D eigenvalue weighted by Gasteiger charge is 2.35. The molecule has 0 aromatic carbocycles. The molecule has 0 aliphatic heterocycles. The summed E-state index contributed by atoms with van der Waals surface area (Å²) in [4.78, 5) is 0. The molecule has 0 bridgehead atoms. The molecule has 1 aliphatic carbocycles. The maximum Gasteiger partial charge on any atom is 0.0690 e. The first kappa shape index (κ1) is 13.9. The highest BCUT2D eigenvalue weighted by Crippen LogP contribution is 2.37. The monoisotopic (exact) mass is 228 g/mol. The molecule has 1 rings (SSSR count). The molecule has 3 nitrogen and oxygen atoms in total. The van der Waals surface area contributed by atoms with Crippen LogP contribution in [0.3, 0.4) is 0 Å². The van der Waals surface area contributed by atoms with Crippen molar-refractivity contribution in [3.63, 3.8) is 0 Å². The SMILES string of the molecule is COC1(CCNCCNC(C)(C)C)CCC1. The van der Waals surface area contributed by atoms with Gasteiger partial charge in [-0.3, -0.25) is 0 Å². The minimum atomic E-state index is 0.213. The van der Waals surface area contributed by atoms with E-state index in [1.165, 1.54) is 19.3 Å². The van der Waals surface area contributed by atoms with Crippen LogP contribution >= 0.6 is 0 Å². The van der Waals surface area contributed by atoms with Crippen LogP contribution < -0.4 is 10.6 Å². The topological polar surface area (TPSA) is 33.3 Å². The average Bonchev–Trinajstić information content (AvgIpc) is 2.13. The van der Waals surface area contributed by atoms with E-state index in [0.717, 1.165) is 26.1 Å². The van der Waals surface area contributed by atoms with Gasteiger partial charge in [-0.1, -0.05) is 0 Å². The minimum Gasteiger partial charge on any atom is -0.378 e. The summed E-state index contributed by atoms with van der Waals surface area (Å²) in [7, 11) is 1.85. The maximum atomic E-state index is 5.58. The van der Waals surface area contributed by atoms with Crippen LogP contribution in [0.5, 0.6) is 0 Å². The van der Waals surface area contributed by atoms with E-state index in [4.69, 9.17) is 4.74 Å². The lowest BCUT2D eigenvalue weighted by Gasteiger charge is -2.40. The summed E-state index contributed by atoms with van der Waals surface area (Å²) in [5, 5.41) is 6.94. The lowest BCUT2D eigenvalue weighted by Crippen LogP contribution is -2.43. The molecule has 2 N–H and O–H groups in total. The van der Waals surface area contributed by atoms with E-state index in [-0.39, 0.29) is 11.1 Å². The third-order valence-corrected chi connectivity index (χ3v) is 3.41. The van der Waals surface area contributed by atoms with Gasteiger partial charge < -0.3 is 15.4 Å². The van der Waals surface area contributed by atoms with Crippen LogP contribution in [0.2, 0.25) is 0 Å². The highest BCUT2D eigenvalue weighted by atomic mass is 16.5. The molecule has 96 valence electrons. The van der Waals surface area contributed by atoms with Crippen LogP contribution in [0.1, 0.15) is 46.5 Å². The van der Waals surface area contributed by atoms with E-state index < -0.39 is 0 Å². The Bertz CT molecular complexity index is 189. The van der Waals surface area contributed by atoms with Crippen LogP contribution in [0, 0.1) is 0 Å². The molecule has 0 spiro atoms. The number of hydrogen-bond donors (Lipinski definition) is 2. The van der Waals surface area contributed by atoms with E-state index in [0.29, 0.717) is 0 Å². The van der Waals surface area contributed by atoms with Crippen molar-refractivity contribution in [2.24, 2.45) is 0 Å². The molecule has 0 aromatic rings. The summed E-state index contributed by atoms with van der Waals surface area (Å²) in [6.07, 6.45) is 4.97. The van der Waals surface area contributed by atoms with Crippen molar-refractivity contribution in [3.8, 4) is 0 Å². The molecular formula is C13H28N2O. The molecule has 0 atom stereocenters. The fourth-order valence-corrected chi connectivity index (χ4v) is 2.09. The molecule has 16 heavy (non-hydrogen) atoms. The summed E-state index contributed by atoms with van der Waals surface area (Å²) in [5.74, 6) is 0. The van der Waals surface area contributed by atoms with E-state index in [2.05, 4.69) is 31.4 Å². The van der Waals surface area contributed by atoms with Gasteiger partial charge in [-0.05, 0) is 53.0 Å². The molecule has 0 heterocycles.